The van der Waals surface area contributed by atoms with Crippen LogP contribution >= 0.6 is 0 Å². The van der Waals surface area contributed by atoms with Crippen LogP contribution in [0.4, 0.5) is 0 Å². The molecule has 16 heavy (non-hydrogen) atoms. The third-order valence-corrected chi connectivity index (χ3v) is 3.18. The van der Waals surface area contributed by atoms with Crippen LogP contribution < -0.4 is 10.1 Å². The van der Waals surface area contributed by atoms with Gasteiger partial charge in [0, 0.05) is 11.8 Å². The van der Waals surface area contributed by atoms with Crippen LogP contribution in [-0.4, -0.2) is 30.2 Å². The molecule has 0 saturated carbocycles. The first-order valence-electron chi connectivity index (χ1n) is 5.94. The summed E-state index contributed by atoms with van der Waals surface area (Å²) in [5, 5.41) is 3.39. The van der Waals surface area contributed by atoms with E-state index < -0.39 is 0 Å². The van der Waals surface area contributed by atoms with E-state index in [9.17, 15) is 0 Å². The molecule has 0 spiro atoms. The Morgan fingerprint density at radius 1 is 1.38 bits per heavy atom. The Morgan fingerprint density at radius 2 is 2.19 bits per heavy atom. The summed E-state index contributed by atoms with van der Waals surface area (Å²) in [6.07, 6.45) is 6.42. The van der Waals surface area contributed by atoms with Crippen molar-refractivity contribution in [3.63, 3.8) is 0 Å². The maximum Gasteiger partial charge on any atom is 0.216 e. The quantitative estimate of drug-likeness (QED) is 0.835. The zero-order valence-electron chi connectivity index (χ0n) is 9.78. The van der Waals surface area contributed by atoms with Crippen LogP contribution in [0.25, 0.3) is 0 Å². The highest BCUT2D eigenvalue weighted by atomic mass is 16.5. The second-order valence-corrected chi connectivity index (χ2v) is 4.28. The second-order valence-electron chi connectivity index (χ2n) is 4.28. The fourth-order valence-corrected chi connectivity index (χ4v) is 2.15. The monoisotopic (exact) mass is 221 g/mol. The molecular formula is C12H19N3O. The molecule has 1 aromatic heterocycles. The van der Waals surface area contributed by atoms with Crippen LogP contribution in [-0.2, 0) is 6.42 Å². The van der Waals surface area contributed by atoms with Gasteiger partial charge in [-0.1, -0.05) is 0 Å². The van der Waals surface area contributed by atoms with Crippen LogP contribution in [0.1, 0.15) is 25.0 Å². The van der Waals surface area contributed by atoms with Gasteiger partial charge in [-0.25, -0.2) is 9.97 Å². The first-order chi connectivity index (χ1) is 7.88. The maximum absolute atomic E-state index is 5.09. The summed E-state index contributed by atoms with van der Waals surface area (Å²) in [7, 11) is 1.64. The largest absolute Gasteiger partial charge is 0.481 e. The molecule has 4 nitrogen and oxygen atoms in total. The summed E-state index contributed by atoms with van der Waals surface area (Å²) in [4.78, 5) is 8.27. The Hall–Kier alpha value is -1.16. The number of aryl methyl sites for hydroxylation is 1. The molecule has 1 N–H and O–H groups in total. The average Bonchev–Trinajstić information content (AvgIpc) is 2.38. The summed E-state index contributed by atoms with van der Waals surface area (Å²) in [5.74, 6) is 1.51. The number of methoxy groups -OCH3 is 1. The lowest BCUT2D eigenvalue weighted by Gasteiger charge is -2.22. The lowest BCUT2D eigenvalue weighted by molar-refractivity contribution is 0.352. The first-order valence-corrected chi connectivity index (χ1v) is 5.94. The van der Waals surface area contributed by atoms with E-state index in [4.69, 9.17) is 4.74 Å². The van der Waals surface area contributed by atoms with Crippen LogP contribution in [0.2, 0.25) is 0 Å². The number of nitrogens with zero attached hydrogens (tertiary/aromatic N) is 2. The molecule has 2 rings (SSSR count). The highest BCUT2D eigenvalue weighted by molar-refractivity contribution is 5.13. The van der Waals surface area contributed by atoms with Crippen molar-refractivity contribution in [1.82, 2.24) is 15.3 Å². The Bertz CT molecular complexity index is 324. The molecule has 1 aromatic rings. The zero-order chi connectivity index (χ0) is 11.2. The molecule has 0 aliphatic carbocycles. The molecule has 1 aliphatic heterocycles. The van der Waals surface area contributed by atoms with Crippen molar-refractivity contribution in [1.29, 1.82) is 0 Å². The molecule has 1 aliphatic rings. The highest BCUT2D eigenvalue weighted by Gasteiger charge is 2.13. The van der Waals surface area contributed by atoms with Crippen molar-refractivity contribution < 1.29 is 4.74 Å². The Morgan fingerprint density at radius 3 is 2.94 bits per heavy atom. The Balaban J connectivity index is 1.83. The summed E-state index contributed by atoms with van der Waals surface area (Å²) in [6, 6.07) is 1.93. The van der Waals surface area contributed by atoms with Gasteiger partial charge < -0.3 is 10.1 Å². The molecule has 1 saturated heterocycles. The number of rotatable bonds is 4. The fourth-order valence-electron chi connectivity index (χ4n) is 2.15. The molecular weight excluding hydrogens is 202 g/mol. The molecule has 0 radical (unpaired) electrons. The van der Waals surface area contributed by atoms with Gasteiger partial charge in [-0.15, -0.1) is 0 Å². The third kappa shape index (κ3) is 3.17. The van der Waals surface area contributed by atoms with Gasteiger partial charge in [-0.2, -0.15) is 0 Å². The van der Waals surface area contributed by atoms with E-state index in [2.05, 4.69) is 15.3 Å². The summed E-state index contributed by atoms with van der Waals surface area (Å²) >= 11 is 0. The molecule has 0 atom stereocenters. The normalized spacial score (nSPS) is 17.3. The van der Waals surface area contributed by atoms with Crippen molar-refractivity contribution in [3.8, 4) is 5.88 Å². The Labute approximate surface area is 96.4 Å². The third-order valence-electron chi connectivity index (χ3n) is 3.18. The summed E-state index contributed by atoms with van der Waals surface area (Å²) in [5.41, 5.74) is 1.09. The van der Waals surface area contributed by atoms with Crippen LogP contribution in [0.3, 0.4) is 0 Å². The smallest absolute Gasteiger partial charge is 0.216 e. The minimum Gasteiger partial charge on any atom is -0.481 e. The fraction of sp³-hybridized carbons (Fsp3) is 0.667. The predicted octanol–water partition coefficient (Wildman–Crippen LogP) is 1.42. The molecule has 4 heteroatoms. The molecule has 0 bridgehead atoms. The van der Waals surface area contributed by atoms with Crippen LogP contribution in [0, 0.1) is 5.92 Å². The highest BCUT2D eigenvalue weighted by Crippen LogP contribution is 2.18. The number of piperidine rings is 1. The molecule has 88 valence electrons. The number of nitrogens with one attached hydrogen (secondary N) is 1. The van der Waals surface area contributed by atoms with Crippen molar-refractivity contribution in [2.75, 3.05) is 20.2 Å². The minimum absolute atomic E-state index is 0.662. The molecule has 0 amide bonds. The Kier molecular flexibility index (Phi) is 4.10. The summed E-state index contributed by atoms with van der Waals surface area (Å²) < 4.78 is 5.09. The predicted molar refractivity (Wildman–Crippen MR) is 62.5 cm³/mol. The lowest BCUT2D eigenvalue weighted by atomic mass is 9.92. The molecule has 2 heterocycles. The number of hydrogen-bond acceptors (Lipinski definition) is 4. The van der Waals surface area contributed by atoms with Crippen molar-refractivity contribution in [2.24, 2.45) is 5.92 Å². The van der Waals surface area contributed by atoms with Crippen molar-refractivity contribution >= 4 is 0 Å². The van der Waals surface area contributed by atoms with Gasteiger partial charge in [0.05, 0.1) is 7.11 Å². The van der Waals surface area contributed by atoms with Gasteiger partial charge >= 0.3 is 0 Å². The van der Waals surface area contributed by atoms with Crippen molar-refractivity contribution in [3.05, 3.63) is 18.1 Å². The first kappa shape index (κ1) is 11.3. The van der Waals surface area contributed by atoms with E-state index >= 15 is 0 Å². The number of aromatic nitrogens is 2. The van der Waals surface area contributed by atoms with Gasteiger partial charge in [0.1, 0.15) is 6.33 Å². The van der Waals surface area contributed by atoms with Gasteiger partial charge in [0.15, 0.2) is 0 Å². The van der Waals surface area contributed by atoms with Crippen LogP contribution in [0.15, 0.2) is 12.4 Å². The lowest BCUT2D eigenvalue weighted by Crippen LogP contribution is -2.27. The molecule has 0 unspecified atom stereocenters. The van der Waals surface area contributed by atoms with Crippen LogP contribution in [0.5, 0.6) is 5.88 Å². The minimum atomic E-state index is 0.662. The standard InChI is InChI=1S/C12H19N3O/c1-16-12-8-11(14-9-15-12)3-2-10-4-6-13-7-5-10/h8-10,13H,2-7H2,1H3. The molecule has 0 aromatic carbocycles. The van der Waals surface area contributed by atoms with E-state index in [0.29, 0.717) is 5.88 Å². The van der Waals surface area contributed by atoms with Gasteiger partial charge in [0.2, 0.25) is 5.88 Å². The van der Waals surface area contributed by atoms with Gasteiger partial charge in [-0.05, 0) is 44.7 Å². The zero-order valence-corrected chi connectivity index (χ0v) is 9.78. The van der Waals surface area contributed by atoms with E-state index in [1.165, 1.54) is 19.3 Å². The van der Waals surface area contributed by atoms with Gasteiger partial charge in [-0.3, -0.25) is 0 Å². The number of hydrogen-bond donors (Lipinski definition) is 1. The SMILES string of the molecule is COc1cc(CCC2CCNCC2)ncn1. The van der Waals surface area contributed by atoms with E-state index in [-0.39, 0.29) is 0 Å². The van der Waals surface area contributed by atoms with E-state index in [1.807, 2.05) is 6.07 Å². The van der Waals surface area contributed by atoms with E-state index in [1.54, 1.807) is 13.4 Å². The second kappa shape index (κ2) is 5.80. The average molecular weight is 221 g/mol. The van der Waals surface area contributed by atoms with Gasteiger partial charge in [0.25, 0.3) is 0 Å². The van der Waals surface area contributed by atoms with Crippen molar-refractivity contribution in [2.45, 2.75) is 25.7 Å². The molecule has 1 fully saturated rings. The number of ether oxygens (including phenoxy) is 1. The van der Waals surface area contributed by atoms with E-state index in [0.717, 1.165) is 31.1 Å². The topological polar surface area (TPSA) is 47.0 Å². The maximum atomic E-state index is 5.09. The summed E-state index contributed by atoms with van der Waals surface area (Å²) in [6.45, 7) is 2.33.